The van der Waals surface area contributed by atoms with Crippen molar-refractivity contribution in [2.24, 2.45) is 5.92 Å². The van der Waals surface area contributed by atoms with Gasteiger partial charge in [0.15, 0.2) is 0 Å². The molecule has 114 valence electrons. The zero-order chi connectivity index (χ0) is 14.9. The van der Waals surface area contributed by atoms with Gasteiger partial charge in [-0.3, -0.25) is 9.88 Å². The summed E-state index contributed by atoms with van der Waals surface area (Å²) in [6.07, 6.45) is 4.77. The second kappa shape index (κ2) is 5.73. The van der Waals surface area contributed by atoms with Gasteiger partial charge in [0.05, 0.1) is 11.9 Å². The molecule has 3 saturated heterocycles. The van der Waals surface area contributed by atoms with E-state index in [9.17, 15) is 0 Å². The molecule has 0 amide bonds. The van der Waals surface area contributed by atoms with E-state index in [0.717, 1.165) is 29.5 Å². The zero-order valence-corrected chi connectivity index (χ0v) is 13.0. The lowest BCUT2D eigenvalue weighted by molar-refractivity contribution is -0.00791. The van der Waals surface area contributed by atoms with E-state index in [2.05, 4.69) is 53.2 Å². The van der Waals surface area contributed by atoms with Gasteiger partial charge < -0.3 is 4.74 Å². The first-order valence-corrected chi connectivity index (χ1v) is 8.20. The predicted molar refractivity (Wildman–Crippen MR) is 88.0 cm³/mol. The van der Waals surface area contributed by atoms with Gasteiger partial charge >= 0.3 is 0 Å². The van der Waals surface area contributed by atoms with Crippen LogP contribution in [-0.4, -0.2) is 35.6 Å². The number of ether oxygens (including phenoxy) is 1. The Bertz CT molecular complexity index is 645. The normalized spacial score (nSPS) is 26.9. The van der Waals surface area contributed by atoms with Crippen LogP contribution in [0.4, 0.5) is 0 Å². The van der Waals surface area contributed by atoms with E-state index in [1.165, 1.54) is 31.5 Å². The molecule has 2 aromatic rings. The fourth-order valence-electron chi connectivity index (χ4n) is 3.64. The number of fused-ring (bicyclic) bond motifs is 3. The molecule has 0 N–H and O–H groups in total. The van der Waals surface area contributed by atoms with Crippen LogP contribution >= 0.6 is 0 Å². The highest BCUT2D eigenvalue weighted by Gasteiger charge is 2.35. The summed E-state index contributed by atoms with van der Waals surface area (Å²) in [6.45, 7) is 5.67. The first kappa shape index (κ1) is 13.8. The molecule has 3 heteroatoms. The minimum atomic E-state index is 0.342. The lowest BCUT2D eigenvalue weighted by Gasteiger charge is -2.44. The van der Waals surface area contributed by atoms with Crippen LogP contribution in [-0.2, 0) is 0 Å². The van der Waals surface area contributed by atoms with Gasteiger partial charge in [-0.1, -0.05) is 23.8 Å². The Balaban J connectivity index is 1.48. The third-order valence-electron chi connectivity index (χ3n) is 4.93. The second-order valence-electron chi connectivity index (χ2n) is 6.54. The molecule has 3 aliphatic rings. The summed E-state index contributed by atoms with van der Waals surface area (Å²) in [5.41, 5.74) is 3.42. The maximum absolute atomic E-state index is 6.20. The van der Waals surface area contributed by atoms with Crippen LogP contribution in [0.5, 0.6) is 5.75 Å². The molecule has 0 aliphatic carbocycles. The van der Waals surface area contributed by atoms with Crippen LogP contribution in [0.15, 0.2) is 42.6 Å². The molecule has 5 rings (SSSR count). The Kier molecular flexibility index (Phi) is 3.59. The summed E-state index contributed by atoms with van der Waals surface area (Å²) in [7, 11) is 0. The average molecular weight is 294 g/mol. The van der Waals surface area contributed by atoms with Crippen LogP contribution in [0.1, 0.15) is 18.4 Å². The highest BCUT2D eigenvalue weighted by Crippen LogP contribution is 2.31. The van der Waals surface area contributed by atoms with Gasteiger partial charge in [0.25, 0.3) is 0 Å². The Morgan fingerprint density at radius 2 is 2.00 bits per heavy atom. The topological polar surface area (TPSA) is 25.4 Å². The molecular weight excluding hydrogens is 272 g/mol. The predicted octanol–water partition coefficient (Wildman–Crippen LogP) is 3.53. The van der Waals surface area contributed by atoms with E-state index in [4.69, 9.17) is 4.74 Å². The van der Waals surface area contributed by atoms with Gasteiger partial charge in [-0.2, -0.15) is 0 Å². The molecular formula is C19H22N2O. The van der Waals surface area contributed by atoms with Crippen molar-refractivity contribution < 1.29 is 4.74 Å². The van der Waals surface area contributed by atoms with Gasteiger partial charge in [-0.05, 0) is 57.0 Å². The maximum Gasteiger partial charge on any atom is 0.138 e. The molecule has 3 aliphatic heterocycles. The van der Waals surface area contributed by atoms with Gasteiger partial charge in [-0.15, -0.1) is 0 Å². The number of piperidine rings is 3. The van der Waals surface area contributed by atoms with Crippen molar-refractivity contribution in [2.45, 2.75) is 25.9 Å². The van der Waals surface area contributed by atoms with Crippen LogP contribution in [0.25, 0.3) is 11.3 Å². The summed E-state index contributed by atoms with van der Waals surface area (Å²) < 4.78 is 6.20. The van der Waals surface area contributed by atoms with Crippen molar-refractivity contribution in [3.63, 3.8) is 0 Å². The minimum Gasteiger partial charge on any atom is -0.487 e. The molecule has 0 spiro atoms. The van der Waals surface area contributed by atoms with E-state index < -0.39 is 0 Å². The molecule has 1 aromatic carbocycles. The lowest BCUT2D eigenvalue weighted by atomic mass is 9.86. The molecule has 3 nitrogen and oxygen atoms in total. The molecule has 2 bridgehead atoms. The Hall–Kier alpha value is -1.87. The summed E-state index contributed by atoms with van der Waals surface area (Å²) in [6, 6.07) is 12.6. The van der Waals surface area contributed by atoms with Crippen LogP contribution < -0.4 is 4.74 Å². The van der Waals surface area contributed by atoms with Crippen molar-refractivity contribution >= 4 is 0 Å². The molecule has 22 heavy (non-hydrogen) atoms. The summed E-state index contributed by atoms with van der Waals surface area (Å²) in [5, 5.41) is 0. The quantitative estimate of drug-likeness (QED) is 0.866. The first-order valence-electron chi connectivity index (χ1n) is 8.20. The van der Waals surface area contributed by atoms with Gasteiger partial charge in [0.1, 0.15) is 11.9 Å². The zero-order valence-electron chi connectivity index (χ0n) is 13.0. The van der Waals surface area contributed by atoms with Crippen LogP contribution in [0.2, 0.25) is 0 Å². The number of rotatable bonds is 3. The first-order chi connectivity index (χ1) is 10.8. The smallest absolute Gasteiger partial charge is 0.138 e. The fourth-order valence-corrected chi connectivity index (χ4v) is 3.64. The van der Waals surface area contributed by atoms with Gasteiger partial charge in [-0.25, -0.2) is 0 Å². The van der Waals surface area contributed by atoms with Crippen molar-refractivity contribution in [1.29, 1.82) is 0 Å². The monoisotopic (exact) mass is 294 g/mol. The second-order valence-corrected chi connectivity index (χ2v) is 6.54. The van der Waals surface area contributed by atoms with E-state index in [1.54, 1.807) is 0 Å². The van der Waals surface area contributed by atoms with E-state index in [1.807, 2.05) is 6.20 Å². The van der Waals surface area contributed by atoms with Crippen LogP contribution in [0, 0.1) is 12.8 Å². The van der Waals surface area contributed by atoms with Gasteiger partial charge in [0.2, 0.25) is 0 Å². The lowest BCUT2D eigenvalue weighted by Crippen LogP contribution is -2.52. The van der Waals surface area contributed by atoms with Crippen molar-refractivity contribution in [3.8, 4) is 17.0 Å². The molecule has 3 fully saturated rings. The number of nitrogens with zero attached hydrogens (tertiary/aromatic N) is 2. The summed E-state index contributed by atoms with van der Waals surface area (Å²) in [5.74, 6) is 1.62. The molecule has 4 heterocycles. The fraction of sp³-hybridized carbons (Fsp3) is 0.421. The highest BCUT2D eigenvalue weighted by molar-refractivity contribution is 5.60. The highest BCUT2D eigenvalue weighted by atomic mass is 16.5. The van der Waals surface area contributed by atoms with Crippen molar-refractivity contribution in [1.82, 2.24) is 9.88 Å². The number of pyridine rings is 1. The third kappa shape index (κ3) is 2.73. The number of hydrogen-bond acceptors (Lipinski definition) is 3. The molecule has 0 unspecified atom stereocenters. The summed E-state index contributed by atoms with van der Waals surface area (Å²) >= 11 is 0. The van der Waals surface area contributed by atoms with Crippen molar-refractivity contribution in [3.05, 3.63) is 48.2 Å². The average Bonchev–Trinajstić information content (AvgIpc) is 2.57. The molecule has 1 atom stereocenters. The van der Waals surface area contributed by atoms with Gasteiger partial charge in [0, 0.05) is 12.1 Å². The molecule has 1 aromatic heterocycles. The number of benzene rings is 1. The van der Waals surface area contributed by atoms with E-state index in [0.29, 0.717) is 6.10 Å². The largest absolute Gasteiger partial charge is 0.487 e. The number of aryl methyl sites for hydroxylation is 1. The van der Waals surface area contributed by atoms with Crippen molar-refractivity contribution in [2.75, 3.05) is 19.6 Å². The Morgan fingerprint density at radius 3 is 2.64 bits per heavy atom. The third-order valence-corrected chi connectivity index (χ3v) is 4.93. The molecule has 0 radical (unpaired) electrons. The summed E-state index contributed by atoms with van der Waals surface area (Å²) in [4.78, 5) is 7.09. The standard InChI is InChI=1S/C19H22N2O/c1-14-3-2-4-16(11-14)18-6-5-17(12-20-18)22-19-13-21-9-7-15(19)8-10-21/h2-6,11-12,15,19H,7-10,13H2,1H3/t19-/m0/s1. The Labute approximate surface area is 131 Å². The SMILES string of the molecule is Cc1cccc(-c2ccc(O[C@H]3CN4CCC3CC4)cn2)c1. The molecule has 0 saturated carbocycles. The minimum absolute atomic E-state index is 0.342. The van der Waals surface area contributed by atoms with E-state index in [-0.39, 0.29) is 0 Å². The maximum atomic E-state index is 6.20. The van der Waals surface area contributed by atoms with E-state index >= 15 is 0 Å². The Morgan fingerprint density at radius 1 is 1.14 bits per heavy atom. The number of aromatic nitrogens is 1. The van der Waals surface area contributed by atoms with Crippen LogP contribution in [0.3, 0.4) is 0 Å². The number of hydrogen-bond donors (Lipinski definition) is 0.